The van der Waals surface area contributed by atoms with Crippen LogP contribution in [0, 0.1) is 23.7 Å². The first-order valence-electron chi connectivity index (χ1n) is 36.1. The average molecular weight is 1490 g/mol. The Labute approximate surface area is 612 Å². The van der Waals surface area contributed by atoms with Crippen LogP contribution < -0.4 is 65.1 Å². The molecule has 37 heteroatoms. The molecule has 0 aliphatic carbocycles. The normalized spacial score (nSPS) is 14.4. The highest BCUT2D eigenvalue weighted by atomic mass is 16.7. The maximum atomic E-state index is 12.2. The van der Waals surface area contributed by atoms with Gasteiger partial charge >= 0.3 is 17.9 Å². The number of hydroxylamine groups is 6. The summed E-state index contributed by atoms with van der Waals surface area (Å²) in [5.74, 6) is -8.23. The van der Waals surface area contributed by atoms with E-state index in [9.17, 15) is 91.1 Å². The largest absolute Gasteiger partial charge is 0.369 e. The van der Waals surface area contributed by atoms with Gasteiger partial charge in [0, 0.05) is 134 Å². The van der Waals surface area contributed by atoms with Crippen molar-refractivity contribution < 1.29 is 106 Å². The number of Topliss-reactive ketones (excluding diaryl/α,β-unsaturated/α-hetero) is 4. The Balaban J connectivity index is 0.000000852. The van der Waals surface area contributed by atoms with E-state index in [1.165, 1.54) is 0 Å². The van der Waals surface area contributed by atoms with Crippen molar-refractivity contribution in [1.82, 2.24) is 63.0 Å². The summed E-state index contributed by atoms with van der Waals surface area (Å²) >= 11 is 0. The fourth-order valence-electron chi connectivity index (χ4n) is 9.58. The monoisotopic (exact) mass is 1490 g/mol. The number of unbranched alkanes of at least 4 members (excludes halogenated alkanes) is 4. The summed E-state index contributed by atoms with van der Waals surface area (Å²) < 4.78 is 0. The number of nitrogens with zero attached hydrogens (tertiary/aromatic N) is 3. The van der Waals surface area contributed by atoms with Crippen LogP contribution in [0.15, 0.2) is 0 Å². The molecule has 1 unspecified atom stereocenters. The molecule has 0 spiro atoms. The molecule has 0 aromatic carbocycles. The standard InChI is InChI=1S/C35H66N8O7.C20H33N5O7.C13H14N2O8/c1-26(33(36)48)11-4-7-17-38-21-30(45)22-39-20-16-29(44)14-10-15-32(47)43-24-31(46)23-41-25-40-18-8-5-13-28(3)35(50)42-19-9-6-12-27(2)34(37)49;1-14(20(21)31)5-2-3-10-22-13-23-11-15(26)12-24-16(27)6-4-7-19(30)32-25-17(28)8-9-18(25)29;16-8-4-5-9(17)14(8)22-12(20)2-1-3-13(21)23-15-10(18)6-7-11(15)19/h26-28,38-41H,4-25H2,1-3H3,(H2,36,48)(H2,37,49)(H,42,50)(H,43,47);14,22-23H,2-13H2,1H3,(H2,21,31)(H,24,27);1-7H2/t26?,27-,28+;14-;/m00./s1. The highest BCUT2D eigenvalue weighted by Gasteiger charge is 2.35. The summed E-state index contributed by atoms with van der Waals surface area (Å²) in [7, 11) is 0. The van der Waals surface area contributed by atoms with Gasteiger partial charge in [0.15, 0.2) is 17.3 Å². The Kier molecular flexibility index (Phi) is 50.6. The lowest BCUT2D eigenvalue weighted by Gasteiger charge is -2.13. The van der Waals surface area contributed by atoms with Gasteiger partial charge in [-0.25, -0.2) is 14.4 Å². The van der Waals surface area contributed by atoms with Gasteiger partial charge in [0.25, 0.3) is 35.4 Å². The molecule has 37 nitrogen and oxygen atoms in total. The minimum Gasteiger partial charge on any atom is -0.369 e. The first-order valence-corrected chi connectivity index (χ1v) is 36.1. The fourth-order valence-corrected chi connectivity index (χ4v) is 9.58. The Hall–Kier alpha value is -8.91. The van der Waals surface area contributed by atoms with Gasteiger partial charge in [-0.3, -0.25) is 87.3 Å². The van der Waals surface area contributed by atoms with Crippen LogP contribution in [0.2, 0.25) is 0 Å². The first-order chi connectivity index (χ1) is 49.9. The molecule has 3 aliphatic rings. The third-order valence-electron chi connectivity index (χ3n) is 16.3. The zero-order valence-electron chi connectivity index (χ0n) is 61.4. The SMILES string of the molecule is CC(CCCCNCC(=O)CNCCC(=O)CCCC(=O)NCC(=O)CNCNCCCC[C@@H](C)C(=O)NCCCC[C@H](C)C(N)=O)C(N)=O.C[C@@H](CCCCNCNCC(=O)CNC(=O)CCCC(=O)ON1C(=O)CCC1=O)C(N)=O.O=C(CCCC(=O)ON1C(=O)CCC1=O)ON1C(=O)CCC1=O. The van der Waals surface area contributed by atoms with E-state index in [2.05, 4.69) is 57.5 Å². The van der Waals surface area contributed by atoms with Crippen LogP contribution in [0.1, 0.15) is 207 Å². The van der Waals surface area contributed by atoms with Gasteiger partial charge in [-0.2, -0.15) is 0 Å². The van der Waals surface area contributed by atoms with Gasteiger partial charge in [-0.1, -0.05) is 53.4 Å². The quantitative estimate of drug-likeness (QED) is 0.0186. The van der Waals surface area contributed by atoms with Gasteiger partial charge in [-0.15, -0.1) is 15.2 Å². The van der Waals surface area contributed by atoms with Crippen molar-refractivity contribution in [2.45, 2.75) is 207 Å². The average Bonchev–Trinajstić information content (AvgIpc) is 1.75. The second-order valence-corrected chi connectivity index (χ2v) is 25.8. The molecule has 0 bridgehead atoms. The van der Waals surface area contributed by atoms with E-state index in [1.54, 1.807) is 13.8 Å². The molecule has 4 atom stereocenters. The summed E-state index contributed by atoms with van der Waals surface area (Å²) in [5.41, 5.74) is 15.7. The van der Waals surface area contributed by atoms with Crippen LogP contribution in [0.25, 0.3) is 0 Å². The Morgan fingerprint density at radius 3 is 0.971 bits per heavy atom. The van der Waals surface area contributed by atoms with Crippen molar-refractivity contribution >= 4 is 112 Å². The Morgan fingerprint density at radius 2 is 0.610 bits per heavy atom. The number of carbonyl (C=O) groups excluding carboxylic acids is 19. The number of nitrogens with one attached hydrogen (secondary N) is 9. The van der Waals surface area contributed by atoms with Gasteiger partial charge in [0.2, 0.25) is 35.4 Å². The molecule has 3 fully saturated rings. The minimum atomic E-state index is -0.838. The van der Waals surface area contributed by atoms with Crippen LogP contribution in [0.5, 0.6) is 0 Å². The maximum Gasteiger partial charge on any atom is 0.333 e. The third kappa shape index (κ3) is 47.2. The van der Waals surface area contributed by atoms with E-state index in [0.29, 0.717) is 54.6 Å². The highest BCUT2D eigenvalue weighted by molar-refractivity contribution is 6.03. The molecule has 15 N–H and O–H groups in total. The number of carbonyl (C=O) groups is 19. The second kappa shape index (κ2) is 56.5. The van der Waals surface area contributed by atoms with Crippen molar-refractivity contribution in [1.29, 1.82) is 0 Å². The molecule has 0 aromatic rings. The summed E-state index contributed by atoms with van der Waals surface area (Å²) in [4.78, 5) is 233. The molecule has 105 heavy (non-hydrogen) atoms. The molecule has 0 radical (unpaired) electrons. The zero-order chi connectivity index (χ0) is 78.5. The van der Waals surface area contributed by atoms with E-state index in [4.69, 9.17) is 22.0 Å². The fraction of sp³-hybridized carbons (Fsp3) is 0.721. The van der Waals surface area contributed by atoms with Crippen LogP contribution in [0.3, 0.4) is 0 Å². The molecule has 592 valence electrons. The predicted octanol–water partition coefficient (Wildman–Crippen LogP) is -1.56. The number of nitrogens with two attached hydrogens (primary N) is 3. The molecule has 3 rings (SSSR count). The van der Waals surface area contributed by atoms with Gasteiger partial charge in [-0.05, 0) is 90.3 Å². The number of imide groups is 3. The van der Waals surface area contributed by atoms with Gasteiger partial charge in [0.05, 0.1) is 39.3 Å². The lowest BCUT2D eigenvalue weighted by atomic mass is 10.0. The molecular formula is C68H113N15O22. The van der Waals surface area contributed by atoms with Crippen molar-refractivity contribution in [2.24, 2.45) is 40.9 Å². The molecule has 0 aromatic heterocycles. The van der Waals surface area contributed by atoms with Crippen LogP contribution >= 0.6 is 0 Å². The number of amides is 12. The lowest BCUT2D eigenvalue weighted by molar-refractivity contribution is -0.199. The van der Waals surface area contributed by atoms with Crippen molar-refractivity contribution in [3.63, 3.8) is 0 Å². The first kappa shape index (κ1) is 94.1. The molecule has 0 saturated carbocycles. The van der Waals surface area contributed by atoms with Crippen LogP contribution in [0.4, 0.5) is 0 Å². The van der Waals surface area contributed by atoms with E-state index < -0.39 is 53.4 Å². The van der Waals surface area contributed by atoms with Crippen LogP contribution in [-0.4, -0.2) is 212 Å². The number of rotatable bonds is 58. The predicted molar refractivity (Wildman–Crippen MR) is 374 cm³/mol. The molecule has 3 heterocycles. The van der Waals surface area contributed by atoms with Gasteiger partial charge < -0.3 is 68.9 Å². The minimum absolute atomic E-state index is 0.000652. The smallest absolute Gasteiger partial charge is 0.333 e. The highest BCUT2D eigenvalue weighted by Crippen LogP contribution is 2.17. The van der Waals surface area contributed by atoms with Crippen molar-refractivity contribution in [3.05, 3.63) is 0 Å². The number of primary amides is 3. The van der Waals surface area contributed by atoms with E-state index >= 15 is 0 Å². The van der Waals surface area contributed by atoms with E-state index in [-0.39, 0.29) is 218 Å². The Bertz CT molecular complexity index is 2800. The number of hydrogen-bond donors (Lipinski definition) is 12. The summed E-state index contributed by atoms with van der Waals surface area (Å²) in [5, 5.41) is 27.6. The second-order valence-electron chi connectivity index (χ2n) is 25.8. The topological polar surface area (TPSA) is 548 Å². The van der Waals surface area contributed by atoms with E-state index in [1.807, 2.05) is 13.8 Å². The van der Waals surface area contributed by atoms with Crippen molar-refractivity contribution in [2.75, 3.05) is 85.3 Å². The number of hydrogen-bond acceptors (Lipinski definition) is 28. The number of ketones is 4. The maximum absolute atomic E-state index is 12.2. The van der Waals surface area contributed by atoms with Crippen molar-refractivity contribution in [3.8, 4) is 0 Å². The summed E-state index contributed by atoms with van der Waals surface area (Å²) in [6.45, 7) is 11.8. The Morgan fingerprint density at radius 1 is 0.314 bits per heavy atom. The molecule has 12 amide bonds. The van der Waals surface area contributed by atoms with Crippen LogP contribution in [-0.2, 0) is 106 Å². The third-order valence-corrected chi connectivity index (χ3v) is 16.3. The summed E-state index contributed by atoms with van der Waals surface area (Å²) in [6, 6.07) is 0. The molecule has 3 aliphatic heterocycles. The van der Waals surface area contributed by atoms with Gasteiger partial charge in [0.1, 0.15) is 5.78 Å². The van der Waals surface area contributed by atoms with E-state index in [0.717, 1.165) is 90.1 Å². The lowest BCUT2D eigenvalue weighted by Crippen LogP contribution is -2.38. The molecular weight excluding hydrogens is 1380 g/mol. The molecule has 3 saturated heterocycles. The summed E-state index contributed by atoms with van der Waals surface area (Å²) in [6.07, 6.45) is 10.7. The zero-order valence-corrected chi connectivity index (χ0v) is 61.4.